The Kier molecular flexibility index (Phi) is 5.44. The Morgan fingerprint density at radius 3 is 2.48 bits per heavy atom. The maximum atomic E-state index is 13.1. The fraction of sp³-hybridized carbons (Fsp3) is 0.115. The van der Waals surface area contributed by atoms with Crippen LogP contribution in [0.2, 0.25) is 0 Å². The summed E-state index contributed by atoms with van der Waals surface area (Å²) in [6.45, 7) is 0. The van der Waals surface area contributed by atoms with Gasteiger partial charge in [0.15, 0.2) is 11.7 Å². The molecule has 0 fully saturated rings. The second-order valence-corrected chi connectivity index (χ2v) is 7.73. The Morgan fingerprint density at radius 1 is 1.00 bits per heavy atom. The van der Waals surface area contributed by atoms with Crippen molar-refractivity contribution in [3.8, 4) is 22.7 Å². The SMILES string of the molecule is Cn1c(-c2ccc(NC(=O)CCc3ncc(-c4ccc(F)cc4)o3)cc2)nc2ccccc21. The van der Waals surface area contributed by atoms with Crippen LogP contribution in [0.5, 0.6) is 0 Å². The number of nitrogens with one attached hydrogen (secondary N) is 1. The molecule has 0 aliphatic heterocycles. The lowest BCUT2D eigenvalue weighted by atomic mass is 10.2. The van der Waals surface area contributed by atoms with Crippen LogP contribution in [0.1, 0.15) is 12.3 Å². The van der Waals surface area contributed by atoms with Crippen LogP contribution in [0.4, 0.5) is 10.1 Å². The van der Waals surface area contributed by atoms with Crippen molar-refractivity contribution < 1.29 is 13.6 Å². The number of oxazole rings is 1. The minimum absolute atomic E-state index is 0.132. The van der Waals surface area contributed by atoms with E-state index in [0.29, 0.717) is 23.8 Å². The first-order chi connectivity index (χ1) is 16.1. The summed E-state index contributed by atoms with van der Waals surface area (Å²) in [4.78, 5) is 21.3. The summed E-state index contributed by atoms with van der Waals surface area (Å²) in [5, 5.41) is 2.90. The van der Waals surface area contributed by atoms with Gasteiger partial charge in [-0.05, 0) is 60.7 Å². The molecule has 5 aromatic rings. The number of imidazole rings is 1. The summed E-state index contributed by atoms with van der Waals surface area (Å²) in [5.74, 6) is 1.43. The molecule has 0 unspecified atom stereocenters. The lowest BCUT2D eigenvalue weighted by Crippen LogP contribution is -2.12. The monoisotopic (exact) mass is 440 g/mol. The Hall–Kier alpha value is -4.26. The number of para-hydroxylation sites is 2. The number of carbonyl (C=O) groups excluding carboxylic acids is 1. The number of benzene rings is 3. The van der Waals surface area contributed by atoms with Gasteiger partial charge in [0.05, 0.1) is 17.2 Å². The molecule has 6 nitrogen and oxygen atoms in total. The number of aryl methyl sites for hydroxylation is 2. The molecule has 0 saturated carbocycles. The van der Waals surface area contributed by atoms with Crippen LogP contribution < -0.4 is 5.32 Å². The number of carbonyl (C=O) groups is 1. The van der Waals surface area contributed by atoms with Crippen molar-refractivity contribution in [2.75, 3.05) is 5.32 Å². The first kappa shape index (κ1) is 20.6. The van der Waals surface area contributed by atoms with Crippen LogP contribution in [-0.2, 0) is 18.3 Å². The Bertz CT molecular complexity index is 1420. The number of hydrogen-bond acceptors (Lipinski definition) is 4. The number of hydrogen-bond donors (Lipinski definition) is 1. The Morgan fingerprint density at radius 2 is 1.73 bits per heavy atom. The van der Waals surface area contributed by atoms with E-state index in [4.69, 9.17) is 9.40 Å². The molecule has 0 aliphatic carbocycles. The molecule has 33 heavy (non-hydrogen) atoms. The van der Waals surface area contributed by atoms with Crippen LogP contribution in [0.25, 0.3) is 33.7 Å². The minimum Gasteiger partial charge on any atom is -0.441 e. The van der Waals surface area contributed by atoms with Gasteiger partial charge in [0, 0.05) is 36.7 Å². The molecule has 0 spiro atoms. The molecule has 0 aliphatic rings. The van der Waals surface area contributed by atoms with Crippen molar-refractivity contribution in [1.82, 2.24) is 14.5 Å². The largest absolute Gasteiger partial charge is 0.441 e. The van der Waals surface area contributed by atoms with Gasteiger partial charge in [-0.25, -0.2) is 14.4 Å². The van der Waals surface area contributed by atoms with Gasteiger partial charge < -0.3 is 14.3 Å². The minimum atomic E-state index is -0.309. The first-order valence-electron chi connectivity index (χ1n) is 10.6. The number of anilines is 1. The highest BCUT2D eigenvalue weighted by molar-refractivity contribution is 5.91. The fourth-order valence-corrected chi connectivity index (χ4v) is 3.72. The smallest absolute Gasteiger partial charge is 0.224 e. The predicted molar refractivity (Wildman–Crippen MR) is 125 cm³/mol. The van der Waals surface area contributed by atoms with Crippen LogP contribution in [0.15, 0.2) is 83.4 Å². The van der Waals surface area contributed by atoms with Crippen molar-refractivity contribution in [3.63, 3.8) is 0 Å². The highest BCUT2D eigenvalue weighted by atomic mass is 19.1. The quantitative estimate of drug-likeness (QED) is 0.373. The second-order valence-electron chi connectivity index (χ2n) is 7.73. The van der Waals surface area contributed by atoms with E-state index in [-0.39, 0.29) is 18.1 Å². The summed E-state index contributed by atoms with van der Waals surface area (Å²) in [5.41, 5.74) is 4.43. The lowest BCUT2D eigenvalue weighted by Gasteiger charge is -2.07. The summed E-state index contributed by atoms with van der Waals surface area (Å²) in [6.07, 6.45) is 2.18. The fourth-order valence-electron chi connectivity index (χ4n) is 3.72. The van der Waals surface area contributed by atoms with Crippen LogP contribution in [-0.4, -0.2) is 20.4 Å². The molecule has 2 aromatic heterocycles. The van der Waals surface area contributed by atoms with Gasteiger partial charge in [0.1, 0.15) is 11.6 Å². The molecule has 0 radical (unpaired) electrons. The first-order valence-corrected chi connectivity index (χ1v) is 10.6. The molecule has 5 rings (SSSR count). The molecular formula is C26H21FN4O2. The standard InChI is InChI=1S/C26H21FN4O2/c1-31-22-5-3-2-4-21(22)30-26(31)18-8-12-20(13-9-18)29-24(32)14-15-25-28-16-23(33-25)17-6-10-19(27)11-7-17/h2-13,16H,14-15H2,1H3,(H,29,32). The summed E-state index contributed by atoms with van der Waals surface area (Å²) in [7, 11) is 1.99. The van der Waals surface area contributed by atoms with E-state index in [1.165, 1.54) is 12.1 Å². The van der Waals surface area contributed by atoms with Crippen molar-refractivity contribution in [2.24, 2.45) is 7.05 Å². The lowest BCUT2D eigenvalue weighted by molar-refractivity contribution is -0.116. The summed E-state index contributed by atoms with van der Waals surface area (Å²) >= 11 is 0. The number of aromatic nitrogens is 3. The molecule has 164 valence electrons. The molecule has 0 saturated heterocycles. The van der Waals surface area contributed by atoms with Crippen LogP contribution in [0.3, 0.4) is 0 Å². The number of amides is 1. The average Bonchev–Trinajstić information content (AvgIpc) is 3.44. The Balaban J connectivity index is 1.20. The van der Waals surface area contributed by atoms with Crippen molar-refractivity contribution in [3.05, 3.63) is 90.7 Å². The third-order valence-corrected chi connectivity index (χ3v) is 5.46. The van der Waals surface area contributed by atoms with E-state index in [0.717, 1.165) is 28.0 Å². The highest BCUT2D eigenvalue weighted by Gasteiger charge is 2.11. The van der Waals surface area contributed by atoms with Crippen molar-refractivity contribution in [2.45, 2.75) is 12.8 Å². The van der Waals surface area contributed by atoms with E-state index >= 15 is 0 Å². The zero-order valence-electron chi connectivity index (χ0n) is 18.0. The van der Waals surface area contributed by atoms with Crippen LogP contribution in [0, 0.1) is 5.82 Å². The van der Waals surface area contributed by atoms with Gasteiger partial charge in [0.2, 0.25) is 5.91 Å². The number of fused-ring (bicyclic) bond motifs is 1. The van der Waals surface area contributed by atoms with Crippen LogP contribution >= 0.6 is 0 Å². The second kappa shape index (κ2) is 8.70. The van der Waals surface area contributed by atoms with Gasteiger partial charge >= 0.3 is 0 Å². The number of nitrogens with zero attached hydrogens (tertiary/aromatic N) is 3. The zero-order valence-corrected chi connectivity index (χ0v) is 18.0. The number of rotatable bonds is 6. The van der Waals surface area contributed by atoms with E-state index in [1.807, 2.05) is 55.6 Å². The molecule has 1 N–H and O–H groups in total. The van der Waals surface area contributed by atoms with E-state index in [1.54, 1.807) is 18.3 Å². The molecule has 2 heterocycles. The topological polar surface area (TPSA) is 73.0 Å². The molecule has 0 bridgehead atoms. The van der Waals surface area contributed by atoms with E-state index in [2.05, 4.69) is 14.9 Å². The molecule has 7 heteroatoms. The summed E-state index contributed by atoms with van der Waals surface area (Å²) < 4.78 is 20.8. The predicted octanol–water partition coefficient (Wildman–Crippen LogP) is 5.61. The van der Waals surface area contributed by atoms with E-state index in [9.17, 15) is 9.18 Å². The van der Waals surface area contributed by atoms with Crippen molar-refractivity contribution >= 4 is 22.6 Å². The average molecular weight is 440 g/mol. The maximum absolute atomic E-state index is 13.1. The van der Waals surface area contributed by atoms with Gasteiger partial charge in [-0.3, -0.25) is 4.79 Å². The third kappa shape index (κ3) is 4.39. The van der Waals surface area contributed by atoms with Gasteiger partial charge in [-0.15, -0.1) is 0 Å². The highest BCUT2D eigenvalue weighted by Crippen LogP contribution is 2.25. The number of halogens is 1. The molecule has 1 amide bonds. The van der Waals surface area contributed by atoms with Gasteiger partial charge in [-0.2, -0.15) is 0 Å². The normalized spacial score (nSPS) is 11.1. The third-order valence-electron chi connectivity index (χ3n) is 5.46. The van der Waals surface area contributed by atoms with Gasteiger partial charge in [0.25, 0.3) is 0 Å². The zero-order chi connectivity index (χ0) is 22.8. The summed E-state index contributed by atoms with van der Waals surface area (Å²) in [6, 6.07) is 21.6. The maximum Gasteiger partial charge on any atom is 0.224 e. The molecule has 0 atom stereocenters. The van der Waals surface area contributed by atoms with Crippen molar-refractivity contribution in [1.29, 1.82) is 0 Å². The molecule has 3 aromatic carbocycles. The Labute approximate surface area is 189 Å². The van der Waals surface area contributed by atoms with E-state index < -0.39 is 0 Å². The van der Waals surface area contributed by atoms with Gasteiger partial charge in [-0.1, -0.05) is 12.1 Å². The molecular weight excluding hydrogens is 419 g/mol.